The molecule has 0 radical (unpaired) electrons. The van der Waals surface area contributed by atoms with Gasteiger partial charge in [0.05, 0.1) is 6.10 Å². The number of carboxylic acids is 1. The van der Waals surface area contributed by atoms with Crippen LogP contribution < -0.4 is 14.8 Å². The first-order valence-corrected chi connectivity index (χ1v) is 10.6. The first kappa shape index (κ1) is 23.3. The number of aromatic carboxylic acids is 1. The summed E-state index contributed by atoms with van der Waals surface area (Å²) in [5.41, 5.74) is 1.58. The van der Waals surface area contributed by atoms with E-state index in [0.29, 0.717) is 24.7 Å². The smallest absolute Gasteiger partial charge is 0.339 e. The minimum atomic E-state index is -1.13. The fourth-order valence-corrected chi connectivity index (χ4v) is 3.30. The molecule has 0 amide bonds. The molecular formula is C26H29NO5. The Labute approximate surface area is 188 Å². The van der Waals surface area contributed by atoms with Crippen LogP contribution in [0.25, 0.3) is 11.1 Å². The SMILES string of the molecule is CC(C)Oc1cc(-c2ccc(OCCN[C@@](C)(O)c3ccccc3)cc2)ccc1C(=O)O. The molecule has 0 saturated heterocycles. The first-order chi connectivity index (χ1) is 15.3. The lowest BCUT2D eigenvalue weighted by atomic mass is 10.0. The standard InChI is InChI=1S/C26H29NO5/c1-18(2)32-24-17-20(11-14-23(24)25(28)29)19-9-12-22(13-10-19)31-16-15-27-26(3,30)21-7-5-4-6-8-21/h4-14,17-18,27,30H,15-16H2,1-3H3,(H,28,29)/t26-/m0/s1. The summed E-state index contributed by atoms with van der Waals surface area (Å²) in [6, 6.07) is 22.0. The predicted octanol–water partition coefficient (Wildman–Crippen LogP) is 4.67. The molecule has 6 nitrogen and oxygen atoms in total. The third kappa shape index (κ3) is 6.09. The van der Waals surface area contributed by atoms with Crippen molar-refractivity contribution in [3.63, 3.8) is 0 Å². The van der Waals surface area contributed by atoms with Gasteiger partial charge in [-0.1, -0.05) is 48.5 Å². The van der Waals surface area contributed by atoms with Crippen LogP contribution in [0.2, 0.25) is 0 Å². The van der Waals surface area contributed by atoms with Gasteiger partial charge in [-0.15, -0.1) is 0 Å². The van der Waals surface area contributed by atoms with Crippen molar-refractivity contribution in [1.82, 2.24) is 5.32 Å². The van der Waals surface area contributed by atoms with Gasteiger partial charge in [-0.05, 0) is 61.7 Å². The van der Waals surface area contributed by atoms with Crippen molar-refractivity contribution in [1.29, 1.82) is 0 Å². The zero-order valence-electron chi connectivity index (χ0n) is 18.5. The highest BCUT2D eigenvalue weighted by atomic mass is 16.5. The molecule has 0 aliphatic rings. The molecule has 3 aromatic rings. The van der Waals surface area contributed by atoms with Gasteiger partial charge in [0.15, 0.2) is 0 Å². The van der Waals surface area contributed by atoms with E-state index in [1.54, 1.807) is 25.1 Å². The zero-order chi connectivity index (χ0) is 23.1. The number of aliphatic hydroxyl groups is 1. The van der Waals surface area contributed by atoms with Crippen molar-refractivity contribution in [3.8, 4) is 22.6 Å². The maximum Gasteiger partial charge on any atom is 0.339 e. The maximum atomic E-state index is 11.4. The summed E-state index contributed by atoms with van der Waals surface area (Å²) in [4.78, 5) is 11.4. The Morgan fingerprint density at radius 2 is 1.66 bits per heavy atom. The molecule has 32 heavy (non-hydrogen) atoms. The molecule has 0 spiro atoms. The van der Waals surface area contributed by atoms with Crippen molar-refractivity contribution < 1.29 is 24.5 Å². The number of carboxylic acid groups (broad SMARTS) is 1. The van der Waals surface area contributed by atoms with Crippen LogP contribution in [-0.2, 0) is 5.72 Å². The summed E-state index contributed by atoms with van der Waals surface area (Å²) in [7, 11) is 0. The summed E-state index contributed by atoms with van der Waals surface area (Å²) in [6.07, 6.45) is -0.129. The van der Waals surface area contributed by atoms with Gasteiger partial charge in [0.2, 0.25) is 0 Å². The van der Waals surface area contributed by atoms with Crippen LogP contribution in [0, 0.1) is 0 Å². The van der Waals surface area contributed by atoms with Gasteiger partial charge in [0.1, 0.15) is 29.4 Å². The highest BCUT2D eigenvalue weighted by Gasteiger charge is 2.21. The molecule has 0 aliphatic carbocycles. The van der Waals surface area contributed by atoms with Gasteiger partial charge < -0.3 is 19.7 Å². The highest BCUT2D eigenvalue weighted by Crippen LogP contribution is 2.29. The van der Waals surface area contributed by atoms with Crippen molar-refractivity contribution >= 4 is 5.97 Å². The number of hydrogen-bond acceptors (Lipinski definition) is 5. The number of benzene rings is 3. The Kier molecular flexibility index (Phi) is 7.51. The Bertz CT molecular complexity index is 1030. The second-order valence-electron chi connectivity index (χ2n) is 7.92. The third-order valence-corrected chi connectivity index (χ3v) is 4.94. The number of carbonyl (C=O) groups is 1. The number of ether oxygens (including phenoxy) is 2. The minimum absolute atomic E-state index is 0.129. The Morgan fingerprint density at radius 3 is 2.28 bits per heavy atom. The van der Waals surface area contributed by atoms with Crippen LogP contribution in [0.5, 0.6) is 11.5 Å². The van der Waals surface area contributed by atoms with E-state index in [2.05, 4.69) is 5.32 Å². The van der Waals surface area contributed by atoms with Crippen molar-refractivity contribution in [2.75, 3.05) is 13.2 Å². The monoisotopic (exact) mass is 435 g/mol. The van der Waals surface area contributed by atoms with Crippen LogP contribution in [0.4, 0.5) is 0 Å². The molecule has 3 aromatic carbocycles. The van der Waals surface area contributed by atoms with Crippen molar-refractivity contribution in [3.05, 3.63) is 83.9 Å². The summed E-state index contributed by atoms with van der Waals surface area (Å²) in [6.45, 7) is 6.29. The molecule has 3 rings (SSSR count). The van der Waals surface area contributed by atoms with Crippen LogP contribution in [0.1, 0.15) is 36.7 Å². The van der Waals surface area contributed by atoms with E-state index in [-0.39, 0.29) is 11.7 Å². The predicted molar refractivity (Wildman–Crippen MR) is 124 cm³/mol. The number of nitrogens with one attached hydrogen (secondary N) is 1. The van der Waals surface area contributed by atoms with Gasteiger partial charge in [-0.3, -0.25) is 5.32 Å². The highest BCUT2D eigenvalue weighted by molar-refractivity contribution is 5.92. The van der Waals surface area contributed by atoms with E-state index < -0.39 is 11.7 Å². The Balaban J connectivity index is 1.60. The molecule has 168 valence electrons. The lowest BCUT2D eigenvalue weighted by molar-refractivity contribution is 0.0169. The second kappa shape index (κ2) is 10.3. The maximum absolute atomic E-state index is 11.4. The molecule has 0 unspecified atom stereocenters. The molecule has 0 fully saturated rings. The van der Waals surface area contributed by atoms with Crippen LogP contribution >= 0.6 is 0 Å². The van der Waals surface area contributed by atoms with E-state index in [1.807, 2.05) is 68.4 Å². The van der Waals surface area contributed by atoms with Crippen molar-refractivity contribution in [2.24, 2.45) is 0 Å². The van der Waals surface area contributed by atoms with E-state index >= 15 is 0 Å². The minimum Gasteiger partial charge on any atom is -0.492 e. The van der Waals surface area contributed by atoms with Crippen LogP contribution in [0.15, 0.2) is 72.8 Å². The van der Waals surface area contributed by atoms with Gasteiger partial charge in [-0.2, -0.15) is 0 Å². The fourth-order valence-electron chi connectivity index (χ4n) is 3.30. The number of rotatable bonds is 10. The van der Waals surface area contributed by atoms with Gasteiger partial charge in [0.25, 0.3) is 0 Å². The molecule has 0 saturated carbocycles. The summed E-state index contributed by atoms with van der Waals surface area (Å²) >= 11 is 0. The Hall–Kier alpha value is -3.35. The number of hydrogen-bond donors (Lipinski definition) is 3. The lowest BCUT2D eigenvalue weighted by Crippen LogP contribution is -2.41. The zero-order valence-corrected chi connectivity index (χ0v) is 18.5. The van der Waals surface area contributed by atoms with E-state index in [0.717, 1.165) is 16.7 Å². The van der Waals surface area contributed by atoms with Crippen LogP contribution in [-0.4, -0.2) is 35.4 Å². The summed E-state index contributed by atoms with van der Waals surface area (Å²) < 4.78 is 11.5. The van der Waals surface area contributed by atoms with Gasteiger partial charge >= 0.3 is 5.97 Å². The molecule has 6 heteroatoms. The van der Waals surface area contributed by atoms with Crippen molar-refractivity contribution in [2.45, 2.75) is 32.6 Å². The average Bonchev–Trinajstić information content (AvgIpc) is 2.77. The van der Waals surface area contributed by atoms with Gasteiger partial charge in [-0.25, -0.2) is 4.79 Å². The molecule has 0 aliphatic heterocycles. The van der Waals surface area contributed by atoms with E-state index in [1.165, 1.54) is 0 Å². The molecular weight excluding hydrogens is 406 g/mol. The quantitative estimate of drug-likeness (QED) is 0.317. The molecule has 0 aromatic heterocycles. The third-order valence-electron chi connectivity index (χ3n) is 4.94. The second-order valence-corrected chi connectivity index (χ2v) is 7.92. The first-order valence-electron chi connectivity index (χ1n) is 10.6. The molecule has 1 atom stereocenters. The molecule has 0 heterocycles. The van der Waals surface area contributed by atoms with Crippen LogP contribution in [0.3, 0.4) is 0 Å². The summed E-state index contributed by atoms with van der Waals surface area (Å²) in [5, 5.41) is 23.0. The molecule has 3 N–H and O–H groups in total. The van der Waals surface area contributed by atoms with E-state index in [4.69, 9.17) is 9.47 Å². The molecule has 0 bridgehead atoms. The summed E-state index contributed by atoms with van der Waals surface area (Å²) in [5.74, 6) is 0.0355. The lowest BCUT2D eigenvalue weighted by Gasteiger charge is -2.25. The average molecular weight is 436 g/mol. The van der Waals surface area contributed by atoms with Gasteiger partial charge in [0, 0.05) is 6.54 Å². The Morgan fingerprint density at radius 1 is 1.00 bits per heavy atom. The van der Waals surface area contributed by atoms with E-state index in [9.17, 15) is 15.0 Å². The normalized spacial score (nSPS) is 12.9. The topological polar surface area (TPSA) is 88.0 Å². The largest absolute Gasteiger partial charge is 0.492 e. The fraction of sp³-hybridized carbons (Fsp3) is 0.269.